The van der Waals surface area contributed by atoms with E-state index in [1.54, 1.807) is 0 Å². The quantitative estimate of drug-likeness (QED) is 0.0281. The van der Waals surface area contributed by atoms with Crippen LogP contribution in [-0.4, -0.2) is 80.6 Å². The first kappa shape index (κ1) is 63.0. The summed E-state index contributed by atoms with van der Waals surface area (Å²) in [5.74, 6) is -1.49. The number of aliphatic carboxylic acids is 1. The zero-order chi connectivity index (χ0) is 48.4. The summed E-state index contributed by atoms with van der Waals surface area (Å²) in [6.45, 7) is 4.71. The van der Waals surface area contributed by atoms with E-state index in [4.69, 9.17) is 14.2 Å². The fourth-order valence-corrected chi connectivity index (χ4v) is 7.89. The molecule has 0 spiro atoms. The molecule has 0 rings (SSSR count). The topological polar surface area (TPSA) is 99.1 Å². The molecule has 0 aromatic rings. The van der Waals surface area contributed by atoms with Crippen LogP contribution < -0.4 is 0 Å². The van der Waals surface area contributed by atoms with Crippen LogP contribution in [0.2, 0.25) is 0 Å². The van der Waals surface area contributed by atoms with Gasteiger partial charge in [0.05, 0.1) is 34.4 Å². The molecule has 0 bridgehead atoms. The molecular weight excluding hydrogens is 823 g/mol. The first-order valence-electron chi connectivity index (χ1n) is 27.3. The molecule has 0 aliphatic carbocycles. The van der Waals surface area contributed by atoms with Crippen molar-refractivity contribution in [3.8, 4) is 0 Å². The summed E-state index contributed by atoms with van der Waals surface area (Å²) in [6, 6.07) is -0.622. The van der Waals surface area contributed by atoms with Gasteiger partial charge in [0.1, 0.15) is 6.61 Å². The van der Waals surface area contributed by atoms with Crippen molar-refractivity contribution >= 4 is 17.9 Å². The molecule has 8 heteroatoms. The van der Waals surface area contributed by atoms with Gasteiger partial charge in [0.2, 0.25) is 0 Å². The molecule has 8 nitrogen and oxygen atoms in total. The van der Waals surface area contributed by atoms with Crippen molar-refractivity contribution < 1.29 is 38.2 Å². The average Bonchev–Trinajstić information content (AvgIpc) is 3.28. The highest BCUT2D eigenvalue weighted by atomic mass is 16.6. The van der Waals surface area contributed by atoms with Crippen molar-refractivity contribution in [3.05, 3.63) is 60.8 Å². The Balaban J connectivity index is 4.26. The Kier molecular flexibility index (Phi) is 46.3. The average molecular weight is 927 g/mol. The van der Waals surface area contributed by atoms with Gasteiger partial charge in [0, 0.05) is 19.3 Å². The van der Waals surface area contributed by atoms with E-state index in [1.807, 2.05) is 21.1 Å². The molecule has 0 amide bonds. The molecule has 0 heterocycles. The molecule has 66 heavy (non-hydrogen) atoms. The highest BCUT2D eigenvalue weighted by Gasteiger charge is 2.31. The van der Waals surface area contributed by atoms with Crippen LogP contribution >= 0.6 is 0 Å². The maximum atomic E-state index is 12.8. The van der Waals surface area contributed by atoms with Crippen LogP contribution in [0.1, 0.15) is 239 Å². The molecule has 0 fully saturated rings. The smallest absolute Gasteiger partial charge is 0.362 e. The van der Waals surface area contributed by atoms with Gasteiger partial charge in [-0.1, -0.05) is 197 Å². The molecule has 0 aromatic heterocycles. The lowest BCUT2D eigenvalue weighted by Crippen LogP contribution is -2.50. The molecule has 1 N–H and O–H groups in total. The third-order valence-corrected chi connectivity index (χ3v) is 12.1. The summed E-state index contributed by atoms with van der Waals surface area (Å²) >= 11 is 0. The molecule has 2 unspecified atom stereocenters. The van der Waals surface area contributed by atoms with Crippen molar-refractivity contribution in [1.29, 1.82) is 0 Å². The number of nitrogens with zero attached hydrogens (tertiary/aromatic N) is 1. The Hall–Kier alpha value is -2.97. The second-order valence-electron chi connectivity index (χ2n) is 19.5. The van der Waals surface area contributed by atoms with Gasteiger partial charge < -0.3 is 23.8 Å². The monoisotopic (exact) mass is 927 g/mol. The van der Waals surface area contributed by atoms with Gasteiger partial charge in [0.15, 0.2) is 12.1 Å². The SMILES string of the molecule is CCCCC/C=C/C/C=C/C/C=C/C/C=C/CCCCCCCC(=O)OC(COCCC(C(=O)O)[N+](C)(C)C)COC(=O)CCCCCCCCC/C=C/CCCCCCCCCCCC. The second-order valence-corrected chi connectivity index (χ2v) is 19.5. The molecule has 2 atom stereocenters. The third kappa shape index (κ3) is 46.2. The summed E-state index contributed by atoms with van der Waals surface area (Å²) in [6.07, 6.45) is 61.3. The lowest BCUT2D eigenvalue weighted by molar-refractivity contribution is -0.887. The van der Waals surface area contributed by atoms with Gasteiger partial charge in [-0.3, -0.25) is 9.59 Å². The van der Waals surface area contributed by atoms with E-state index in [0.717, 1.165) is 77.0 Å². The Morgan fingerprint density at radius 2 is 0.803 bits per heavy atom. The molecule has 0 radical (unpaired) electrons. The summed E-state index contributed by atoms with van der Waals surface area (Å²) < 4.78 is 17.4. The van der Waals surface area contributed by atoms with Gasteiger partial charge >= 0.3 is 17.9 Å². The number of esters is 2. The summed E-state index contributed by atoms with van der Waals surface area (Å²) in [5, 5.41) is 9.67. The number of rotatable bonds is 49. The number of carboxylic acids is 1. The number of carboxylic acid groups (broad SMARTS) is 1. The Morgan fingerprint density at radius 1 is 0.455 bits per heavy atom. The largest absolute Gasteiger partial charge is 0.477 e. The van der Waals surface area contributed by atoms with Crippen LogP contribution in [0.4, 0.5) is 0 Å². The zero-order valence-corrected chi connectivity index (χ0v) is 43.6. The normalized spacial score (nSPS) is 13.3. The molecule has 382 valence electrons. The van der Waals surface area contributed by atoms with Gasteiger partial charge in [0.25, 0.3) is 0 Å². The van der Waals surface area contributed by atoms with Crippen molar-refractivity contribution in [2.75, 3.05) is 41.0 Å². The minimum atomic E-state index is -0.879. The second kappa shape index (κ2) is 48.5. The maximum absolute atomic E-state index is 12.8. The number of hydrogen-bond acceptors (Lipinski definition) is 6. The molecule has 0 saturated heterocycles. The number of likely N-dealkylation sites (N-methyl/N-ethyl adjacent to an activating group) is 1. The standard InChI is InChI=1S/C58H103NO7/c1-6-8-10-12-14-16-18-20-22-24-26-28-30-32-34-36-38-40-42-44-46-48-56(60)65-53-54(52-64-51-50-55(58(62)63)59(3,4)5)66-57(61)49-47-45-43-41-39-37-35-33-31-29-27-25-23-21-19-17-15-13-11-9-7-2/h15,17,21,23,27-30,33,35,54-55H,6-14,16,18-20,22,24-26,31-32,34,36-53H2,1-5H3/p+1/b17-15+,23-21+,29-27+,30-28+,35-33+. The van der Waals surface area contributed by atoms with E-state index in [9.17, 15) is 19.5 Å². The molecular formula is C58H104NO7+. The van der Waals surface area contributed by atoms with Crippen molar-refractivity contribution in [2.45, 2.75) is 251 Å². The van der Waals surface area contributed by atoms with Gasteiger partial charge in [-0.2, -0.15) is 0 Å². The Morgan fingerprint density at radius 3 is 1.23 bits per heavy atom. The van der Waals surface area contributed by atoms with Crippen LogP contribution in [0, 0.1) is 0 Å². The molecule has 0 saturated carbocycles. The van der Waals surface area contributed by atoms with E-state index >= 15 is 0 Å². The number of allylic oxidation sites excluding steroid dienone is 10. The van der Waals surface area contributed by atoms with E-state index in [0.29, 0.717) is 19.3 Å². The third-order valence-electron chi connectivity index (χ3n) is 12.1. The number of ether oxygens (including phenoxy) is 3. The summed E-state index contributed by atoms with van der Waals surface area (Å²) in [7, 11) is 5.53. The first-order chi connectivity index (χ1) is 32.1. The number of unbranched alkanes of at least 4 members (excludes halogenated alkanes) is 25. The van der Waals surface area contributed by atoms with E-state index in [1.165, 1.54) is 128 Å². The van der Waals surface area contributed by atoms with E-state index in [2.05, 4.69) is 74.6 Å². The number of hydrogen-bond donors (Lipinski definition) is 1. The minimum Gasteiger partial charge on any atom is -0.477 e. The lowest BCUT2D eigenvalue weighted by atomic mass is 10.1. The first-order valence-corrected chi connectivity index (χ1v) is 27.3. The number of carbonyl (C=O) groups is 3. The minimum absolute atomic E-state index is 0.0507. The van der Waals surface area contributed by atoms with E-state index in [-0.39, 0.29) is 36.2 Å². The Labute approximate surface area is 407 Å². The van der Waals surface area contributed by atoms with Crippen LogP contribution in [0.3, 0.4) is 0 Å². The van der Waals surface area contributed by atoms with Gasteiger partial charge in [-0.15, -0.1) is 0 Å². The van der Waals surface area contributed by atoms with Crippen LogP contribution in [0.5, 0.6) is 0 Å². The number of carbonyl (C=O) groups excluding carboxylic acids is 2. The van der Waals surface area contributed by atoms with E-state index < -0.39 is 18.1 Å². The van der Waals surface area contributed by atoms with Gasteiger partial charge in [-0.05, 0) is 83.5 Å². The lowest BCUT2D eigenvalue weighted by Gasteiger charge is -2.31. The highest BCUT2D eigenvalue weighted by Crippen LogP contribution is 2.15. The zero-order valence-electron chi connectivity index (χ0n) is 43.6. The van der Waals surface area contributed by atoms with Crippen molar-refractivity contribution in [3.63, 3.8) is 0 Å². The van der Waals surface area contributed by atoms with Gasteiger partial charge in [-0.25, -0.2) is 4.79 Å². The fourth-order valence-electron chi connectivity index (χ4n) is 7.89. The molecule has 0 aliphatic heterocycles. The maximum Gasteiger partial charge on any atom is 0.362 e. The van der Waals surface area contributed by atoms with Crippen LogP contribution in [0.15, 0.2) is 60.8 Å². The van der Waals surface area contributed by atoms with Crippen molar-refractivity contribution in [1.82, 2.24) is 0 Å². The van der Waals surface area contributed by atoms with Crippen LogP contribution in [0.25, 0.3) is 0 Å². The highest BCUT2D eigenvalue weighted by molar-refractivity contribution is 5.72. The predicted molar refractivity (Wildman–Crippen MR) is 280 cm³/mol. The summed E-state index contributed by atoms with van der Waals surface area (Å²) in [5.41, 5.74) is 0. The predicted octanol–water partition coefficient (Wildman–Crippen LogP) is 16.1. The molecule has 0 aromatic carbocycles. The van der Waals surface area contributed by atoms with Crippen LogP contribution in [-0.2, 0) is 28.6 Å². The Bertz CT molecular complexity index is 1260. The summed E-state index contributed by atoms with van der Waals surface area (Å²) in [4.78, 5) is 37.2. The number of quaternary nitrogens is 1. The van der Waals surface area contributed by atoms with Crippen molar-refractivity contribution in [2.24, 2.45) is 0 Å². The fraction of sp³-hybridized carbons (Fsp3) is 0.776. The molecule has 0 aliphatic rings.